The van der Waals surface area contributed by atoms with Gasteiger partial charge >= 0.3 is 6.18 Å². The molecule has 0 fully saturated rings. The molecular formula is C14H12F4N2O2S. The van der Waals surface area contributed by atoms with Gasteiger partial charge in [-0.25, -0.2) is 12.8 Å². The van der Waals surface area contributed by atoms with E-state index in [0.29, 0.717) is 12.1 Å². The van der Waals surface area contributed by atoms with E-state index in [1.165, 1.54) is 31.5 Å². The van der Waals surface area contributed by atoms with E-state index in [9.17, 15) is 26.0 Å². The van der Waals surface area contributed by atoms with E-state index < -0.39 is 32.5 Å². The van der Waals surface area contributed by atoms with E-state index in [0.717, 1.165) is 4.31 Å². The number of alkyl halides is 3. The second-order valence-electron chi connectivity index (χ2n) is 4.51. The van der Waals surface area contributed by atoms with Crippen molar-refractivity contribution in [1.29, 1.82) is 0 Å². The molecule has 0 amide bonds. The Kier molecular flexibility index (Phi) is 4.60. The van der Waals surface area contributed by atoms with Gasteiger partial charge in [0.2, 0.25) is 0 Å². The Balaban J connectivity index is 2.64. The maximum absolute atomic E-state index is 13.2. The third-order valence-electron chi connectivity index (χ3n) is 3.05. The van der Waals surface area contributed by atoms with E-state index in [-0.39, 0.29) is 18.3 Å². The first kappa shape index (κ1) is 17.2. The van der Waals surface area contributed by atoms with Crippen LogP contribution in [0.3, 0.4) is 0 Å². The Morgan fingerprint density at radius 3 is 2.26 bits per heavy atom. The molecule has 124 valence electrons. The summed E-state index contributed by atoms with van der Waals surface area (Å²) in [6.45, 7) is 1.38. The van der Waals surface area contributed by atoms with Crippen LogP contribution in [0.25, 0.3) is 0 Å². The lowest BCUT2D eigenvalue weighted by atomic mass is 10.2. The molecule has 0 saturated carbocycles. The number of aromatic nitrogens is 1. The van der Waals surface area contributed by atoms with Crippen molar-refractivity contribution in [3.63, 3.8) is 0 Å². The number of anilines is 1. The van der Waals surface area contributed by atoms with E-state index in [1.54, 1.807) is 0 Å². The zero-order chi connectivity index (χ0) is 17.3. The fourth-order valence-corrected chi connectivity index (χ4v) is 3.74. The third-order valence-corrected chi connectivity index (χ3v) is 5.01. The summed E-state index contributed by atoms with van der Waals surface area (Å²) in [5, 5.41) is 0. The van der Waals surface area contributed by atoms with Gasteiger partial charge in [-0.15, -0.1) is 0 Å². The van der Waals surface area contributed by atoms with Crippen LogP contribution in [0, 0.1) is 5.82 Å². The number of halogens is 4. The van der Waals surface area contributed by atoms with Gasteiger partial charge in [0.05, 0.1) is 16.1 Å². The van der Waals surface area contributed by atoms with E-state index in [4.69, 9.17) is 0 Å². The van der Waals surface area contributed by atoms with Crippen LogP contribution < -0.4 is 4.31 Å². The molecule has 2 aromatic rings. The molecule has 4 nitrogen and oxygen atoms in total. The summed E-state index contributed by atoms with van der Waals surface area (Å²) in [6, 6.07) is 4.20. The van der Waals surface area contributed by atoms with Gasteiger partial charge < -0.3 is 0 Å². The summed E-state index contributed by atoms with van der Waals surface area (Å²) < 4.78 is 78.4. The zero-order valence-electron chi connectivity index (χ0n) is 11.9. The quantitative estimate of drug-likeness (QED) is 0.795. The van der Waals surface area contributed by atoms with Crippen LogP contribution in [0.4, 0.5) is 23.2 Å². The number of nitrogens with zero attached hydrogens (tertiary/aromatic N) is 2. The van der Waals surface area contributed by atoms with Gasteiger partial charge in [-0.3, -0.25) is 9.29 Å². The molecule has 0 atom stereocenters. The van der Waals surface area contributed by atoms with Gasteiger partial charge in [-0.2, -0.15) is 13.2 Å². The summed E-state index contributed by atoms with van der Waals surface area (Å²) in [4.78, 5) is 2.74. The number of rotatable bonds is 4. The molecule has 1 aromatic heterocycles. The van der Waals surface area contributed by atoms with Gasteiger partial charge in [-0.1, -0.05) is 0 Å². The highest BCUT2D eigenvalue weighted by atomic mass is 32.2. The SMILES string of the molecule is CCN(c1ccncc1)S(=O)(=O)c1ccc(F)cc1C(F)(F)F. The summed E-state index contributed by atoms with van der Waals surface area (Å²) in [5.74, 6) is -1.16. The molecule has 23 heavy (non-hydrogen) atoms. The number of hydrogen-bond donors (Lipinski definition) is 0. The van der Waals surface area contributed by atoms with Crippen molar-refractivity contribution in [2.45, 2.75) is 18.0 Å². The number of hydrogen-bond acceptors (Lipinski definition) is 3. The van der Waals surface area contributed by atoms with Crippen molar-refractivity contribution in [1.82, 2.24) is 4.98 Å². The molecule has 0 spiro atoms. The standard InChI is InChI=1S/C14H12F4N2O2S/c1-2-20(11-5-7-19-8-6-11)23(21,22)13-4-3-10(15)9-12(13)14(16,17)18/h3-9H,2H2,1H3. The van der Waals surface area contributed by atoms with Crippen molar-refractivity contribution in [2.75, 3.05) is 10.8 Å². The van der Waals surface area contributed by atoms with Crippen molar-refractivity contribution >= 4 is 15.7 Å². The molecular weight excluding hydrogens is 336 g/mol. The highest BCUT2D eigenvalue weighted by molar-refractivity contribution is 7.92. The van der Waals surface area contributed by atoms with E-state index in [2.05, 4.69) is 4.98 Å². The van der Waals surface area contributed by atoms with Crippen LogP contribution in [0.1, 0.15) is 12.5 Å². The summed E-state index contributed by atoms with van der Waals surface area (Å²) in [7, 11) is -4.52. The van der Waals surface area contributed by atoms with Gasteiger partial charge in [0, 0.05) is 18.9 Å². The highest BCUT2D eigenvalue weighted by Gasteiger charge is 2.39. The molecule has 0 aliphatic rings. The lowest BCUT2D eigenvalue weighted by molar-refractivity contribution is -0.140. The largest absolute Gasteiger partial charge is 0.417 e. The molecule has 0 bridgehead atoms. The van der Waals surface area contributed by atoms with Gasteiger partial charge in [0.1, 0.15) is 5.82 Å². The first-order valence-electron chi connectivity index (χ1n) is 6.47. The fourth-order valence-electron chi connectivity index (χ4n) is 2.07. The Morgan fingerprint density at radius 2 is 1.74 bits per heavy atom. The van der Waals surface area contributed by atoms with Crippen LogP contribution in [-0.2, 0) is 16.2 Å². The second kappa shape index (κ2) is 6.15. The topological polar surface area (TPSA) is 50.3 Å². The lowest BCUT2D eigenvalue weighted by Gasteiger charge is -2.24. The van der Waals surface area contributed by atoms with Crippen LogP contribution in [0.15, 0.2) is 47.6 Å². The van der Waals surface area contributed by atoms with Gasteiger partial charge in [0.25, 0.3) is 10.0 Å². The van der Waals surface area contributed by atoms with E-state index in [1.807, 2.05) is 0 Å². The van der Waals surface area contributed by atoms with Crippen molar-refractivity contribution < 1.29 is 26.0 Å². The van der Waals surface area contributed by atoms with Crippen LogP contribution in [0.2, 0.25) is 0 Å². The van der Waals surface area contributed by atoms with Crippen molar-refractivity contribution in [3.05, 3.63) is 54.1 Å². The maximum Gasteiger partial charge on any atom is 0.417 e. The lowest BCUT2D eigenvalue weighted by Crippen LogP contribution is -2.32. The molecule has 0 aliphatic carbocycles. The first-order chi connectivity index (χ1) is 10.7. The van der Waals surface area contributed by atoms with Crippen LogP contribution in [-0.4, -0.2) is 19.9 Å². The minimum absolute atomic E-state index is 0.0962. The van der Waals surface area contributed by atoms with Crippen molar-refractivity contribution in [2.24, 2.45) is 0 Å². The smallest absolute Gasteiger partial charge is 0.266 e. The predicted molar refractivity (Wildman–Crippen MR) is 75.8 cm³/mol. The van der Waals surface area contributed by atoms with Crippen LogP contribution >= 0.6 is 0 Å². The maximum atomic E-state index is 13.2. The first-order valence-corrected chi connectivity index (χ1v) is 7.91. The second-order valence-corrected chi connectivity index (χ2v) is 6.34. The molecule has 1 aromatic carbocycles. The monoisotopic (exact) mass is 348 g/mol. The fraction of sp³-hybridized carbons (Fsp3) is 0.214. The molecule has 0 radical (unpaired) electrons. The molecule has 1 heterocycles. The van der Waals surface area contributed by atoms with Gasteiger partial charge in [0.15, 0.2) is 0 Å². The average Bonchev–Trinajstić information content (AvgIpc) is 2.47. The molecule has 0 aliphatic heterocycles. The Bertz CT molecular complexity index is 792. The third kappa shape index (κ3) is 3.44. The number of pyridine rings is 1. The number of benzene rings is 1. The van der Waals surface area contributed by atoms with Crippen molar-refractivity contribution in [3.8, 4) is 0 Å². The number of sulfonamides is 1. The van der Waals surface area contributed by atoms with Gasteiger partial charge in [-0.05, 0) is 37.3 Å². The normalized spacial score (nSPS) is 12.2. The van der Waals surface area contributed by atoms with E-state index >= 15 is 0 Å². The summed E-state index contributed by atoms with van der Waals surface area (Å²) in [6.07, 6.45) is -2.35. The molecule has 0 saturated heterocycles. The minimum Gasteiger partial charge on any atom is -0.266 e. The Labute approximate surface area is 130 Å². The Hall–Kier alpha value is -2.16. The molecule has 9 heteroatoms. The summed E-state index contributed by atoms with van der Waals surface area (Å²) >= 11 is 0. The minimum atomic E-state index is -5.00. The van der Waals surface area contributed by atoms with Crippen LogP contribution in [0.5, 0.6) is 0 Å². The molecule has 2 rings (SSSR count). The Morgan fingerprint density at radius 1 is 1.13 bits per heavy atom. The average molecular weight is 348 g/mol. The highest BCUT2D eigenvalue weighted by Crippen LogP contribution is 2.36. The molecule has 0 unspecified atom stereocenters. The zero-order valence-corrected chi connectivity index (χ0v) is 12.7. The predicted octanol–water partition coefficient (Wildman–Crippen LogP) is 3.45. The summed E-state index contributed by atoms with van der Waals surface area (Å²) in [5.41, 5.74) is -1.37. The molecule has 0 N–H and O–H groups in total.